The van der Waals surface area contributed by atoms with Gasteiger partial charge in [0.15, 0.2) is 5.82 Å². The van der Waals surface area contributed by atoms with Crippen LogP contribution in [0.1, 0.15) is 61.0 Å². The van der Waals surface area contributed by atoms with Crippen molar-refractivity contribution in [3.8, 4) is 0 Å². The summed E-state index contributed by atoms with van der Waals surface area (Å²) in [5.74, 6) is 2.74. The van der Waals surface area contributed by atoms with Crippen LogP contribution in [0.2, 0.25) is 0 Å². The number of hydrogen-bond acceptors (Lipinski definition) is 3. The maximum Gasteiger partial charge on any atom is 0.153 e. The summed E-state index contributed by atoms with van der Waals surface area (Å²) in [5, 5.41) is 9.69. The summed E-state index contributed by atoms with van der Waals surface area (Å²) in [6.45, 7) is 0. The number of aromatic amines is 1. The van der Waals surface area contributed by atoms with E-state index >= 15 is 0 Å². The number of H-pyrrole nitrogens is 1. The molecule has 1 aliphatic rings. The van der Waals surface area contributed by atoms with Crippen LogP contribution in [0.25, 0.3) is 0 Å². The first-order chi connectivity index (χ1) is 9.42. The van der Waals surface area contributed by atoms with Crippen LogP contribution in [0.3, 0.4) is 0 Å². The van der Waals surface area contributed by atoms with Gasteiger partial charge in [0.05, 0.1) is 0 Å². The minimum atomic E-state index is 0.607. The van der Waals surface area contributed by atoms with Crippen LogP contribution in [0, 0.1) is 0 Å². The average Bonchev–Trinajstić information content (AvgIpc) is 3.11. The average molecular weight is 275 g/mol. The first-order valence-electron chi connectivity index (χ1n) is 7.35. The van der Waals surface area contributed by atoms with Gasteiger partial charge in [-0.15, -0.1) is 11.3 Å². The third-order valence-corrected chi connectivity index (χ3v) is 4.87. The number of nitrogens with one attached hydrogen (secondary N) is 1. The molecule has 1 saturated carbocycles. The summed E-state index contributed by atoms with van der Waals surface area (Å²) < 4.78 is 0. The van der Waals surface area contributed by atoms with Crippen molar-refractivity contribution in [3.05, 3.63) is 34.0 Å². The molecule has 4 heteroatoms. The molecule has 0 unspecified atom stereocenters. The van der Waals surface area contributed by atoms with Gasteiger partial charge in [-0.25, -0.2) is 4.98 Å². The lowest BCUT2D eigenvalue weighted by Gasteiger charge is -2.17. The van der Waals surface area contributed by atoms with Gasteiger partial charge >= 0.3 is 0 Å². The van der Waals surface area contributed by atoms with E-state index in [0.717, 1.165) is 30.9 Å². The van der Waals surface area contributed by atoms with Crippen LogP contribution >= 0.6 is 11.3 Å². The normalized spacial score (nSPS) is 16.8. The molecule has 0 bridgehead atoms. The second-order valence-corrected chi connectivity index (χ2v) is 6.44. The van der Waals surface area contributed by atoms with E-state index in [1.54, 1.807) is 0 Å². The Labute approximate surface area is 118 Å². The Balaban J connectivity index is 1.50. The highest BCUT2D eigenvalue weighted by Gasteiger charge is 2.19. The van der Waals surface area contributed by atoms with Crippen LogP contribution in [0.4, 0.5) is 0 Å². The second-order valence-electron chi connectivity index (χ2n) is 5.41. The molecule has 3 rings (SSSR count). The highest BCUT2D eigenvalue weighted by atomic mass is 32.1. The van der Waals surface area contributed by atoms with Crippen LogP contribution in [-0.4, -0.2) is 15.2 Å². The van der Waals surface area contributed by atoms with Gasteiger partial charge in [0.1, 0.15) is 5.82 Å². The van der Waals surface area contributed by atoms with Gasteiger partial charge in [0, 0.05) is 17.2 Å². The van der Waals surface area contributed by atoms with Crippen LogP contribution in [-0.2, 0) is 12.8 Å². The van der Waals surface area contributed by atoms with Crippen molar-refractivity contribution in [1.29, 1.82) is 0 Å². The van der Waals surface area contributed by atoms with Gasteiger partial charge in [0.25, 0.3) is 0 Å². The Morgan fingerprint density at radius 3 is 2.89 bits per heavy atom. The van der Waals surface area contributed by atoms with Crippen molar-refractivity contribution in [2.24, 2.45) is 0 Å². The molecule has 0 saturated heterocycles. The fourth-order valence-electron chi connectivity index (χ4n) is 2.85. The molecule has 0 atom stereocenters. The van der Waals surface area contributed by atoms with Gasteiger partial charge in [-0.2, -0.15) is 5.10 Å². The third kappa shape index (κ3) is 3.44. The van der Waals surface area contributed by atoms with Gasteiger partial charge in [-0.1, -0.05) is 25.3 Å². The third-order valence-electron chi connectivity index (χ3n) is 3.94. The zero-order valence-electron chi connectivity index (χ0n) is 11.3. The number of thiophene rings is 1. The SMILES string of the molecule is c1csc(CCCc2nc(C3CCCCC3)n[nH]2)c1. The summed E-state index contributed by atoms with van der Waals surface area (Å²) in [7, 11) is 0. The molecule has 1 aliphatic carbocycles. The number of hydrogen-bond donors (Lipinski definition) is 1. The Bertz CT molecular complexity index is 483. The standard InChI is InChI=1S/C15H21N3S/c1-2-6-12(7-3-1)15-16-14(17-18-15)10-4-8-13-9-5-11-19-13/h5,9,11-12H,1-4,6-8,10H2,(H,16,17,18). The highest BCUT2D eigenvalue weighted by molar-refractivity contribution is 7.09. The second kappa shape index (κ2) is 6.33. The van der Waals surface area contributed by atoms with Gasteiger partial charge in [-0.05, 0) is 37.1 Å². The molecule has 1 fully saturated rings. The molecule has 0 radical (unpaired) electrons. The molecule has 2 aromatic heterocycles. The van der Waals surface area contributed by atoms with Gasteiger partial charge < -0.3 is 0 Å². The maximum atomic E-state index is 4.69. The van der Waals surface area contributed by atoms with E-state index in [1.165, 1.54) is 37.0 Å². The number of rotatable bonds is 5. The van der Waals surface area contributed by atoms with E-state index < -0.39 is 0 Å². The smallest absolute Gasteiger partial charge is 0.153 e. The Hall–Kier alpha value is -1.16. The quantitative estimate of drug-likeness (QED) is 0.893. The fourth-order valence-corrected chi connectivity index (χ4v) is 3.60. The summed E-state index contributed by atoms with van der Waals surface area (Å²) in [4.78, 5) is 6.15. The van der Waals surface area contributed by atoms with E-state index in [2.05, 4.69) is 32.7 Å². The molecule has 0 amide bonds. The lowest BCUT2D eigenvalue weighted by molar-refractivity contribution is 0.429. The van der Waals surface area contributed by atoms with Crippen LogP contribution in [0.5, 0.6) is 0 Å². The van der Waals surface area contributed by atoms with E-state index in [1.807, 2.05) is 11.3 Å². The van der Waals surface area contributed by atoms with Crippen molar-refractivity contribution in [2.75, 3.05) is 0 Å². The zero-order valence-corrected chi connectivity index (χ0v) is 12.1. The Morgan fingerprint density at radius 2 is 2.11 bits per heavy atom. The molecule has 0 aromatic carbocycles. The molecule has 3 nitrogen and oxygen atoms in total. The van der Waals surface area contributed by atoms with Crippen LogP contribution in [0.15, 0.2) is 17.5 Å². The fraction of sp³-hybridized carbons (Fsp3) is 0.600. The molecule has 1 N–H and O–H groups in total. The van der Waals surface area contributed by atoms with E-state index in [4.69, 9.17) is 0 Å². The molecular weight excluding hydrogens is 254 g/mol. The topological polar surface area (TPSA) is 41.6 Å². The summed E-state index contributed by atoms with van der Waals surface area (Å²) >= 11 is 1.84. The highest BCUT2D eigenvalue weighted by Crippen LogP contribution is 2.30. The number of aromatic nitrogens is 3. The summed E-state index contributed by atoms with van der Waals surface area (Å²) in [6.07, 6.45) is 9.92. The largest absolute Gasteiger partial charge is 0.263 e. The number of aryl methyl sites for hydroxylation is 2. The van der Waals surface area contributed by atoms with Crippen LogP contribution < -0.4 is 0 Å². The van der Waals surface area contributed by atoms with E-state index in [-0.39, 0.29) is 0 Å². The maximum absolute atomic E-state index is 4.69. The molecule has 19 heavy (non-hydrogen) atoms. The van der Waals surface area contributed by atoms with Crippen molar-refractivity contribution in [2.45, 2.75) is 57.3 Å². The minimum Gasteiger partial charge on any atom is -0.263 e. The van der Waals surface area contributed by atoms with E-state index in [9.17, 15) is 0 Å². The lowest BCUT2D eigenvalue weighted by atomic mass is 9.89. The minimum absolute atomic E-state index is 0.607. The van der Waals surface area contributed by atoms with Crippen molar-refractivity contribution in [3.63, 3.8) is 0 Å². The lowest BCUT2D eigenvalue weighted by Crippen LogP contribution is -2.06. The predicted octanol–water partition coefficient (Wildman–Crippen LogP) is 4.09. The Morgan fingerprint density at radius 1 is 1.21 bits per heavy atom. The predicted molar refractivity (Wildman–Crippen MR) is 78.6 cm³/mol. The van der Waals surface area contributed by atoms with Crippen molar-refractivity contribution >= 4 is 11.3 Å². The first-order valence-corrected chi connectivity index (χ1v) is 8.23. The van der Waals surface area contributed by atoms with Gasteiger partial charge in [-0.3, -0.25) is 5.10 Å². The first kappa shape index (κ1) is 12.9. The Kier molecular flexibility index (Phi) is 4.28. The molecule has 0 spiro atoms. The molecule has 2 heterocycles. The molecule has 0 aliphatic heterocycles. The molecule has 102 valence electrons. The molecular formula is C15H21N3S. The van der Waals surface area contributed by atoms with Crippen molar-refractivity contribution < 1.29 is 0 Å². The van der Waals surface area contributed by atoms with Gasteiger partial charge in [0.2, 0.25) is 0 Å². The summed E-state index contributed by atoms with van der Waals surface area (Å²) in [5.41, 5.74) is 0. The zero-order chi connectivity index (χ0) is 12.9. The van der Waals surface area contributed by atoms with Crippen molar-refractivity contribution in [1.82, 2.24) is 15.2 Å². The van der Waals surface area contributed by atoms with E-state index in [0.29, 0.717) is 5.92 Å². The molecule has 2 aromatic rings. The summed E-state index contributed by atoms with van der Waals surface area (Å²) in [6, 6.07) is 4.33. The number of nitrogens with zero attached hydrogens (tertiary/aromatic N) is 2. The monoisotopic (exact) mass is 275 g/mol.